The molecule has 1 aromatic heterocycles. The van der Waals surface area contributed by atoms with E-state index in [0.717, 1.165) is 12.0 Å². The second-order valence-electron chi connectivity index (χ2n) is 5.47. The Balaban J connectivity index is 2.04. The molecule has 112 valence electrons. The lowest BCUT2D eigenvalue weighted by molar-refractivity contribution is -0.132. The summed E-state index contributed by atoms with van der Waals surface area (Å²) < 4.78 is 0. The van der Waals surface area contributed by atoms with Crippen LogP contribution in [0.15, 0.2) is 41.8 Å². The molecule has 0 aliphatic rings. The van der Waals surface area contributed by atoms with Crippen molar-refractivity contribution in [2.45, 2.75) is 32.2 Å². The van der Waals surface area contributed by atoms with Crippen LogP contribution >= 0.6 is 11.3 Å². The molecule has 1 heterocycles. The number of amides is 1. The maximum Gasteiger partial charge on any atom is 0.229 e. The van der Waals surface area contributed by atoms with E-state index in [1.54, 1.807) is 11.3 Å². The number of hydrogen-bond donors (Lipinski definition) is 1. The van der Waals surface area contributed by atoms with Gasteiger partial charge in [0.05, 0.1) is 5.92 Å². The van der Waals surface area contributed by atoms with Gasteiger partial charge in [-0.1, -0.05) is 18.2 Å². The number of carbonyl (C=O) groups is 1. The van der Waals surface area contributed by atoms with Gasteiger partial charge in [0.15, 0.2) is 0 Å². The van der Waals surface area contributed by atoms with E-state index < -0.39 is 0 Å². The van der Waals surface area contributed by atoms with E-state index in [1.165, 1.54) is 4.88 Å². The number of carbonyl (C=O) groups excluding carboxylic acids is 1. The van der Waals surface area contributed by atoms with Crippen LogP contribution in [0.1, 0.15) is 30.2 Å². The van der Waals surface area contributed by atoms with Crippen LogP contribution in [0.5, 0.6) is 0 Å². The highest BCUT2D eigenvalue weighted by molar-refractivity contribution is 7.09. The Kier molecular flexibility index (Phi) is 5.02. The largest absolute Gasteiger partial charge is 0.399 e. The molecule has 2 N–H and O–H groups in total. The number of likely N-dealkylation sites (N-methyl/N-ethyl adjacent to an activating group) is 1. The molecule has 0 radical (unpaired) electrons. The third-order valence-corrected chi connectivity index (χ3v) is 4.77. The second-order valence-corrected chi connectivity index (χ2v) is 6.51. The van der Waals surface area contributed by atoms with Crippen LogP contribution in [0, 0.1) is 0 Å². The molecular formula is C17H22N2OS. The molecule has 0 bridgehead atoms. The number of nitrogen functional groups attached to an aromatic ring is 1. The molecule has 1 aromatic carbocycles. The van der Waals surface area contributed by atoms with E-state index in [2.05, 4.69) is 18.4 Å². The molecule has 0 fully saturated rings. The van der Waals surface area contributed by atoms with E-state index >= 15 is 0 Å². The summed E-state index contributed by atoms with van der Waals surface area (Å²) in [6.07, 6.45) is 0.892. The Morgan fingerprint density at radius 1 is 1.29 bits per heavy atom. The van der Waals surface area contributed by atoms with E-state index in [4.69, 9.17) is 5.73 Å². The van der Waals surface area contributed by atoms with E-state index in [0.29, 0.717) is 5.69 Å². The SMILES string of the molecule is CC(C(=O)N(C)C(C)Cc1cccs1)c1cccc(N)c1. The molecule has 0 spiro atoms. The van der Waals surface area contributed by atoms with Crippen molar-refractivity contribution in [3.63, 3.8) is 0 Å². The van der Waals surface area contributed by atoms with Gasteiger partial charge >= 0.3 is 0 Å². The minimum Gasteiger partial charge on any atom is -0.399 e. The minimum absolute atomic E-state index is 0.129. The number of nitrogens with two attached hydrogens (primary N) is 1. The Bertz CT molecular complexity index is 595. The average Bonchev–Trinajstić information content (AvgIpc) is 2.97. The Morgan fingerprint density at radius 2 is 2.05 bits per heavy atom. The van der Waals surface area contributed by atoms with Crippen molar-refractivity contribution in [2.24, 2.45) is 0 Å². The van der Waals surface area contributed by atoms with Crippen LogP contribution in [0.25, 0.3) is 0 Å². The lowest BCUT2D eigenvalue weighted by Gasteiger charge is -2.27. The molecule has 2 unspecified atom stereocenters. The van der Waals surface area contributed by atoms with Gasteiger partial charge in [0.25, 0.3) is 0 Å². The Hall–Kier alpha value is -1.81. The smallest absolute Gasteiger partial charge is 0.229 e. The number of anilines is 1. The van der Waals surface area contributed by atoms with Crippen LogP contribution in [0.3, 0.4) is 0 Å². The number of rotatable bonds is 5. The molecule has 0 saturated carbocycles. The lowest BCUT2D eigenvalue weighted by atomic mass is 9.98. The van der Waals surface area contributed by atoms with Crippen molar-refractivity contribution < 1.29 is 4.79 Å². The molecule has 0 saturated heterocycles. The van der Waals surface area contributed by atoms with Gasteiger partial charge < -0.3 is 10.6 Å². The molecular weight excluding hydrogens is 280 g/mol. The molecule has 0 aliphatic carbocycles. The highest BCUT2D eigenvalue weighted by Gasteiger charge is 2.23. The maximum absolute atomic E-state index is 12.6. The zero-order chi connectivity index (χ0) is 15.4. The average molecular weight is 302 g/mol. The summed E-state index contributed by atoms with van der Waals surface area (Å²) in [6.45, 7) is 4.02. The first-order chi connectivity index (χ1) is 9.99. The quantitative estimate of drug-likeness (QED) is 0.859. The van der Waals surface area contributed by atoms with Gasteiger partial charge in [0, 0.05) is 30.1 Å². The van der Waals surface area contributed by atoms with Crippen molar-refractivity contribution >= 4 is 22.9 Å². The summed E-state index contributed by atoms with van der Waals surface area (Å²) in [5.74, 6) is -0.0473. The first-order valence-electron chi connectivity index (χ1n) is 7.13. The predicted molar refractivity (Wildman–Crippen MR) is 89.5 cm³/mol. The molecule has 0 aliphatic heterocycles. The maximum atomic E-state index is 12.6. The zero-order valence-electron chi connectivity index (χ0n) is 12.7. The molecule has 4 heteroatoms. The first kappa shape index (κ1) is 15.6. The van der Waals surface area contributed by atoms with Gasteiger partial charge in [0.2, 0.25) is 5.91 Å². The van der Waals surface area contributed by atoms with Gasteiger partial charge in [0.1, 0.15) is 0 Å². The van der Waals surface area contributed by atoms with Crippen LogP contribution in [-0.2, 0) is 11.2 Å². The second kappa shape index (κ2) is 6.76. The van der Waals surface area contributed by atoms with E-state index in [1.807, 2.05) is 49.2 Å². The Morgan fingerprint density at radius 3 is 2.67 bits per heavy atom. The molecule has 3 nitrogen and oxygen atoms in total. The van der Waals surface area contributed by atoms with Gasteiger partial charge in [-0.3, -0.25) is 4.79 Å². The summed E-state index contributed by atoms with van der Waals surface area (Å²) in [5, 5.41) is 2.07. The molecule has 1 amide bonds. The summed E-state index contributed by atoms with van der Waals surface area (Å²) in [7, 11) is 1.88. The summed E-state index contributed by atoms with van der Waals surface area (Å²) >= 11 is 1.73. The fourth-order valence-corrected chi connectivity index (χ4v) is 3.18. The van der Waals surface area contributed by atoms with Crippen LogP contribution in [-0.4, -0.2) is 23.9 Å². The fraction of sp³-hybridized carbons (Fsp3) is 0.353. The predicted octanol–water partition coefficient (Wildman–Crippen LogP) is 3.52. The van der Waals surface area contributed by atoms with E-state index in [-0.39, 0.29) is 17.9 Å². The standard InChI is InChI=1S/C17H22N2OS/c1-12(10-16-8-5-9-21-16)19(3)17(20)13(2)14-6-4-7-15(18)11-14/h4-9,11-13H,10,18H2,1-3H3. The van der Waals surface area contributed by atoms with Gasteiger partial charge in [-0.2, -0.15) is 0 Å². The number of hydrogen-bond acceptors (Lipinski definition) is 3. The van der Waals surface area contributed by atoms with Gasteiger partial charge in [-0.25, -0.2) is 0 Å². The molecule has 2 rings (SSSR count). The summed E-state index contributed by atoms with van der Waals surface area (Å²) in [6, 6.07) is 11.9. The highest BCUT2D eigenvalue weighted by Crippen LogP contribution is 2.22. The van der Waals surface area contributed by atoms with Crippen LogP contribution < -0.4 is 5.73 Å². The third kappa shape index (κ3) is 3.85. The van der Waals surface area contributed by atoms with Crippen molar-refractivity contribution in [3.8, 4) is 0 Å². The van der Waals surface area contributed by atoms with Crippen molar-refractivity contribution in [3.05, 3.63) is 52.2 Å². The lowest BCUT2D eigenvalue weighted by Crippen LogP contribution is -2.38. The van der Waals surface area contributed by atoms with Crippen molar-refractivity contribution in [2.75, 3.05) is 12.8 Å². The normalized spacial score (nSPS) is 13.7. The molecule has 21 heavy (non-hydrogen) atoms. The molecule has 2 aromatic rings. The van der Waals surface area contributed by atoms with E-state index in [9.17, 15) is 4.79 Å². The van der Waals surface area contributed by atoms with Crippen molar-refractivity contribution in [1.82, 2.24) is 4.90 Å². The monoisotopic (exact) mass is 302 g/mol. The van der Waals surface area contributed by atoms with Crippen molar-refractivity contribution in [1.29, 1.82) is 0 Å². The zero-order valence-corrected chi connectivity index (χ0v) is 13.6. The summed E-state index contributed by atoms with van der Waals surface area (Å²) in [5.41, 5.74) is 7.46. The highest BCUT2D eigenvalue weighted by atomic mass is 32.1. The summed E-state index contributed by atoms with van der Waals surface area (Å²) in [4.78, 5) is 15.8. The third-order valence-electron chi connectivity index (χ3n) is 3.87. The topological polar surface area (TPSA) is 46.3 Å². The first-order valence-corrected chi connectivity index (χ1v) is 8.01. The van der Waals surface area contributed by atoms with Crippen LogP contribution in [0.4, 0.5) is 5.69 Å². The van der Waals surface area contributed by atoms with Gasteiger partial charge in [-0.15, -0.1) is 11.3 Å². The number of benzene rings is 1. The minimum atomic E-state index is -0.177. The van der Waals surface area contributed by atoms with Gasteiger partial charge in [-0.05, 0) is 43.0 Å². The number of nitrogens with zero attached hydrogens (tertiary/aromatic N) is 1. The number of thiophene rings is 1. The van der Waals surface area contributed by atoms with Crippen LogP contribution in [0.2, 0.25) is 0 Å². The fourth-order valence-electron chi connectivity index (χ4n) is 2.35. The molecule has 2 atom stereocenters. The Labute approximate surface area is 130 Å².